The third-order valence-corrected chi connectivity index (χ3v) is 5.17. The molecule has 4 atom stereocenters. The van der Waals surface area contributed by atoms with E-state index >= 15 is 0 Å². The molecule has 3 heterocycles. The first-order valence-corrected chi connectivity index (χ1v) is 8.47. The summed E-state index contributed by atoms with van der Waals surface area (Å²) in [7, 11) is 0. The minimum absolute atomic E-state index is 0.0517. The Hall–Kier alpha value is -2.14. The molecule has 0 aromatic heterocycles. The van der Waals surface area contributed by atoms with Gasteiger partial charge >= 0.3 is 5.97 Å². The van der Waals surface area contributed by atoms with Gasteiger partial charge in [0.05, 0.1) is 25.2 Å². The van der Waals surface area contributed by atoms with Crippen molar-refractivity contribution in [3.8, 4) is 0 Å². The summed E-state index contributed by atoms with van der Waals surface area (Å²) in [6, 6.07) is 7.84. The molecule has 24 heavy (non-hydrogen) atoms. The lowest BCUT2D eigenvalue weighted by molar-refractivity contribution is -0.152. The Balaban J connectivity index is 1.64. The van der Waals surface area contributed by atoms with Crippen LogP contribution in [0.25, 0.3) is 0 Å². The van der Waals surface area contributed by atoms with Crippen LogP contribution in [0.4, 0.5) is 5.69 Å². The molecule has 126 valence electrons. The van der Waals surface area contributed by atoms with E-state index in [1.165, 1.54) is 0 Å². The second-order valence-corrected chi connectivity index (χ2v) is 6.83. The second-order valence-electron chi connectivity index (χ2n) is 6.83. The molecule has 1 amide bonds. The van der Waals surface area contributed by atoms with Gasteiger partial charge in [-0.05, 0) is 25.5 Å². The van der Waals surface area contributed by atoms with Crippen molar-refractivity contribution in [3.63, 3.8) is 0 Å². The summed E-state index contributed by atoms with van der Waals surface area (Å²) in [6.45, 7) is 4.79. The average molecular weight is 327 g/mol. The quantitative estimate of drug-likeness (QED) is 0.629. The van der Waals surface area contributed by atoms with Crippen molar-refractivity contribution in [3.05, 3.63) is 42.0 Å². The number of nitrogens with zero attached hydrogens (tertiary/aromatic N) is 1. The van der Waals surface area contributed by atoms with E-state index in [0.29, 0.717) is 13.2 Å². The number of carbonyl (C=O) groups is 2. The summed E-state index contributed by atoms with van der Waals surface area (Å²) in [5, 5.41) is 0. The number of esters is 1. The number of rotatable bonds is 4. The van der Waals surface area contributed by atoms with Gasteiger partial charge in [-0.25, -0.2) is 0 Å². The summed E-state index contributed by atoms with van der Waals surface area (Å²) in [5.41, 5.74) is 1.29. The topological polar surface area (TPSA) is 55.8 Å². The predicted octanol–water partition coefficient (Wildman–Crippen LogP) is 2.23. The van der Waals surface area contributed by atoms with Gasteiger partial charge in [0.25, 0.3) is 0 Å². The molecule has 3 aliphatic heterocycles. The summed E-state index contributed by atoms with van der Waals surface area (Å²) in [4.78, 5) is 27.2. The fourth-order valence-electron chi connectivity index (χ4n) is 4.01. The van der Waals surface area contributed by atoms with Gasteiger partial charge in [-0.2, -0.15) is 0 Å². The van der Waals surface area contributed by atoms with Crippen molar-refractivity contribution in [2.24, 2.45) is 11.8 Å². The summed E-state index contributed by atoms with van der Waals surface area (Å²) in [6.07, 6.45) is 4.28. The highest BCUT2D eigenvalue weighted by Gasteiger charge is 2.67. The van der Waals surface area contributed by atoms with Crippen LogP contribution < -0.4 is 4.90 Å². The molecule has 1 aromatic rings. The van der Waals surface area contributed by atoms with Gasteiger partial charge in [-0.1, -0.05) is 36.8 Å². The molecule has 2 bridgehead atoms. The number of aryl methyl sites for hydroxylation is 1. The summed E-state index contributed by atoms with van der Waals surface area (Å²) >= 11 is 0. The summed E-state index contributed by atoms with van der Waals surface area (Å²) in [5.74, 6) is -1.40. The van der Waals surface area contributed by atoms with E-state index in [4.69, 9.17) is 9.47 Å². The Morgan fingerprint density at radius 2 is 2.12 bits per heavy atom. The van der Waals surface area contributed by atoms with Crippen molar-refractivity contribution in [1.29, 1.82) is 0 Å². The molecule has 0 aliphatic carbocycles. The van der Waals surface area contributed by atoms with E-state index in [-0.39, 0.29) is 18.0 Å². The lowest BCUT2D eigenvalue weighted by atomic mass is 9.77. The zero-order valence-electron chi connectivity index (χ0n) is 13.9. The fourth-order valence-corrected chi connectivity index (χ4v) is 4.01. The second kappa shape index (κ2) is 5.45. The maximum Gasteiger partial charge on any atom is 0.312 e. The molecular weight excluding hydrogens is 306 g/mol. The monoisotopic (exact) mass is 327 g/mol. The van der Waals surface area contributed by atoms with Gasteiger partial charge in [-0.15, -0.1) is 0 Å². The van der Waals surface area contributed by atoms with E-state index in [1.807, 2.05) is 50.3 Å². The molecule has 5 nitrogen and oxygen atoms in total. The van der Waals surface area contributed by atoms with Crippen molar-refractivity contribution in [2.45, 2.75) is 32.0 Å². The van der Waals surface area contributed by atoms with Gasteiger partial charge < -0.3 is 14.4 Å². The van der Waals surface area contributed by atoms with E-state index in [0.717, 1.165) is 17.7 Å². The van der Waals surface area contributed by atoms with E-state index in [2.05, 4.69) is 0 Å². The van der Waals surface area contributed by atoms with Gasteiger partial charge in [0.1, 0.15) is 11.5 Å². The number of carbonyl (C=O) groups excluding carboxylic acids is 2. The Morgan fingerprint density at radius 1 is 1.38 bits per heavy atom. The Bertz CT molecular complexity index is 711. The van der Waals surface area contributed by atoms with Gasteiger partial charge in [0.2, 0.25) is 5.91 Å². The van der Waals surface area contributed by atoms with E-state index < -0.39 is 17.4 Å². The summed E-state index contributed by atoms with van der Waals surface area (Å²) < 4.78 is 11.4. The van der Waals surface area contributed by atoms with Crippen molar-refractivity contribution in [1.82, 2.24) is 0 Å². The molecule has 5 heteroatoms. The lowest BCUT2D eigenvalue weighted by Crippen LogP contribution is -2.40. The standard InChI is InChI=1S/C19H21NO4/c1-3-10-23-18(22)15-14-8-9-19(24-14)11-20(17(21)16(15)19)13-6-4-12(2)5-7-13/h4-9,14-16H,3,10-11H2,1-2H3. The molecule has 2 fully saturated rings. The predicted molar refractivity (Wildman–Crippen MR) is 88.5 cm³/mol. The largest absolute Gasteiger partial charge is 0.465 e. The van der Waals surface area contributed by atoms with Crippen LogP contribution in [0.2, 0.25) is 0 Å². The lowest BCUT2D eigenvalue weighted by Gasteiger charge is -2.22. The molecule has 3 aliphatic rings. The number of amides is 1. The number of anilines is 1. The maximum atomic E-state index is 13.0. The van der Waals surface area contributed by atoms with Gasteiger partial charge in [0, 0.05) is 5.69 Å². The Morgan fingerprint density at radius 3 is 2.83 bits per heavy atom. The van der Waals surface area contributed by atoms with Crippen molar-refractivity contribution < 1.29 is 19.1 Å². The smallest absolute Gasteiger partial charge is 0.312 e. The Kier molecular flexibility index (Phi) is 3.49. The molecule has 2 saturated heterocycles. The molecule has 0 saturated carbocycles. The van der Waals surface area contributed by atoms with Crippen molar-refractivity contribution >= 4 is 17.6 Å². The Labute approximate surface area is 141 Å². The third kappa shape index (κ3) is 2.11. The van der Waals surface area contributed by atoms with Crippen LogP contribution in [0.3, 0.4) is 0 Å². The third-order valence-electron chi connectivity index (χ3n) is 5.17. The highest BCUT2D eigenvalue weighted by molar-refractivity contribution is 6.02. The first-order chi connectivity index (χ1) is 11.6. The van der Waals surface area contributed by atoms with Gasteiger partial charge in [-0.3, -0.25) is 9.59 Å². The van der Waals surface area contributed by atoms with Crippen molar-refractivity contribution in [2.75, 3.05) is 18.1 Å². The van der Waals surface area contributed by atoms with Gasteiger partial charge in [0.15, 0.2) is 0 Å². The van der Waals surface area contributed by atoms with Crippen LogP contribution in [-0.4, -0.2) is 36.7 Å². The normalized spacial score (nSPS) is 33.2. The fraction of sp³-hybridized carbons (Fsp3) is 0.474. The first-order valence-electron chi connectivity index (χ1n) is 8.47. The highest BCUT2D eigenvalue weighted by atomic mass is 16.6. The maximum absolute atomic E-state index is 13.0. The van der Waals surface area contributed by atoms with Crippen LogP contribution in [-0.2, 0) is 19.1 Å². The number of hydrogen-bond acceptors (Lipinski definition) is 4. The number of hydrogen-bond donors (Lipinski definition) is 0. The van der Waals surface area contributed by atoms with Crippen LogP contribution in [0.5, 0.6) is 0 Å². The van der Waals surface area contributed by atoms with E-state index in [1.54, 1.807) is 4.90 Å². The molecule has 4 rings (SSSR count). The molecule has 1 aromatic carbocycles. The number of ether oxygens (including phenoxy) is 2. The van der Waals surface area contributed by atoms with E-state index in [9.17, 15) is 9.59 Å². The van der Waals surface area contributed by atoms with Crippen LogP contribution >= 0.6 is 0 Å². The highest BCUT2D eigenvalue weighted by Crippen LogP contribution is 2.52. The average Bonchev–Trinajstić information content (AvgIpc) is 3.22. The van der Waals surface area contributed by atoms with Crippen LogP contribution in [0.15, 0.2) is 36.4 Å². The van der Waals surface area contributed by atoms with Crippen LogP contribution in [0.1, 0.15) is 18.9 Å². The van der Waals surface area contributed by atoms with Crippen LogP contribution in [0, 0.1) is 18.8 Å². The SMILES string of the molecule is CCCOC(=O)C1C2C=CC3(CN(c4ccc(C)cc4)C(=O)C13)O2. The molecule has 0 N–H and O–H groups in total. The zero-order chi connectivity index (χ0) is 16.9. The first kappa shape index (κ1) is 15.4. The number of fused-ring (bicyclic) bond motifs is 1. The molecule has 4 unspecified atom stereocenters. The number of benzene rings is 1. The molecule has 1 spiro atoms. The minimum Gasteiger partial charge on any atom is -0.465 e. The minimum atomic E-state index is -0.692. The molecular formula is C19H21NO4. The zero-order valence-corrected chi connectivity index (χ0v) is 13.9. The molecule has 0 radical (unpaired) electrons.